The van der Waals surface area contributed by atoms with Gasteiger partial charge in [-0.1, -0.05) is 39.8 Å². The van der Waals surface area contributed by atoms with E-state index in [-0.39, 0.29) is 43.2 Å². The van der Waals surface area contributed by atoms with Crippen molar-refractivity contribution in [1.82, 2.24) is 10.2 Å². The minimum Gasteiger partial charge on any atom is -0.456 e. The zero-order valence-electron chi connectivity index (χ0n) is 17.4. The van der Waals surface area contributed by atoms with Gasteiger partial charge in [0.05, 0.1) is 18.6 Å². The van der Waals surface area contributed by atoms with Crippen LogP contribution in [0, 0.1) is 5.92 Å². The Labute approximate surface area is 203 Å². The molecule has 0 spiro atoms. The molecule has 1 fully saturated rings. The molecule has 1 saturated heterocycles. The van der Waals surface area contributed by atoms with Gasteiger partial charge in [-0.25, -0.2) is 8.98 Å². The van der Waals surface area contributed by atoms with Crippen LogP contribution in [0.1, 0.15) is 25.3 Å². The van der Waals surface area contributed by atoms with Crippen molar-refractivity contribution >= 4 is 55.9 Å². The van der Waals surface area contributed by atoms with Crippen LogP contribution in [0.4, 0.5) is 0 Å². The second kappa shape index (κ2) is 10.8. The van der Waals surface area contributed by atoms with E-state index in [9.17, 15) is 22.8 Å². The number of thioether (sulfide) groups is 1. The van der Waals surface area contributed by atoms with E-state index in [0.717, 1.165) is 10.0 Å². The molecule has 2 aliphatic rings. The number of nitrogens with one attached hydrogen (secondary N) is 1. The van der Waals surface area contributed by atoms with Crippen molar-refractivity contribution in [2.45, 2.75) is 32.4 Å². The molecule has 2 N–H and O–H groups in total. The topological polar surface area (TPSA) is 139 Å². The van der Waals surface area contributed by atoms with Crippen LogP contribution in [0.15, 0.2) is 50.9 Å². The molecule has 0 saturated carbocycles. The number of halogens is 1. The predicted molar refractivity (Wildman–Crippen MR) is 122 cm³/mol. The molecule has 0 bridgehead atoms. The van der Waals surface area contributed by atoms with Crippen LogP contribution in [0.5, 0.6) is 0 Å². The van der Waals surface area contributed by atoms with Crippen molar-refractivity contribution in [3.63, 3.8) is 0 Å². The third-order valence-corrected chi connectivity index (χ3v) is 6.86. The molecule has 13 heteroatoms. The Balaban J connectivity index is 1.71. The number of esters is 1. The van der Waals surface area contributed by atoms with Crippen LogP contribution in [-0.2, 0) is 40.3 Å². The maximum Gasteiger partial charge on any atom is 0.397 e. The number of β-lactam (4-membered cyclic amide) rings is 1. The average molecular weight is 561 g/mol. The van der Waals surface area contributed by atoms with Gasteiger partial charge in [0.2, 0.25) is 11.8 Å². The number of hydrogen-bond acceptors (Lipinski definition) is 8. The molecule has 33 heavy (non-hydrogen) atoms. The molecule has 1 aromatic rings. The highest BCUT2D eigenvalue weighted by Crippen LogP contribution is 2.47. The van der Waals surface area contributed by atoms with E-state index in [4.69, 9.17) is 9.29 Å². The highest BCUT2D eigenvalue weighted by atomic mass is 79.9. The quantitative estimate of drug-likeness (QED) is 0.251. The Morgan fingerprint density at radius 3 is 2.67 bits per heavy atom. The number of nitrogens with zero attached hydrogens (tertiary/aromatic N) is 1. The number of carbonyl (C=O) groups is 3. The number of rotatable bonds is 10. The van der Waals surface area contributed by atoms with Crippen LogP contribution in [0.25, 0.3) is 0 Å². The van der Waals surface area contributed by atoms with E-state index in [1.807, 2.05) is 12.1 Å². The fourth-order valence-corrected chi connectivity index (χ4v) is 4.94. The highest BCUT2D eigenvalue weighted by Gasteiger charge is 2.55. The van der Waals surface area contributed by atoms with Crippen LogP contribution < -0.4 is 5.32 Å². The molecule has 1 aromatic carbocycles. The third-order valence-electron chi connectivity index (χ3n) is 4.95. The van der Waals surface area contributed by atoms with E-state index < -0.39 is 22.3 Å². The summed E-state index contributed by atoms with van der Waals surface area (Å²) >= 11 is 4.52. The second-order valence-electron chi connectivity index (χ2n) is 7.22. The summed E-state index contributed by atoms with van der Waals surface area (Å²) in [5, 5.41) is 4.09. The first-order chi connectivity index (χ1) is 15.6. The van der Waals surface area contributed by atoms with Gasteiger partial charge in [-0.05, 0) is 29.5 Å². The van der Waals surface area contributed by atoms with E-state index in [1.54, 1.807) is 17.5 Å². The Morgan fingerprint density at radius 1 is 1.33 bits per heavy atom. The van der Waals surface area contributed by atoms with Gasteiger partial charge in [0.1, 0.15) is 12.3 Å². The van der Waals surface area contributed by atoms with Gasteiger partial charge in [-0.15, -0.1) is 0 Å². The summed E-state index contributed by atoms with van der Waals surface area (Å²) in [7, 11) is -4.60. The van der Waals surface area contributed by atoms with Crippen LogP contribution in [0.2, 0.25) is 0 Å². The van der Waals surface area contributed by atoms with E-state index in [1.165, 1.54) is 29.8 Å². The first kappa shape index (κ1) is 25.4. The number of carbonyl (C=O) groups excluding carboxylic acids is 3. The van der Waals surface area contributed by atoms with Gasteiger partial charge in [-0.3, -0.25) is 14.1 Å². The summed E-state index contributed by atoms with van der Waals surface area (Å²) in [6.07, 6.45) is 1.86. The zero-order valence-corrected chi connectivity index (χ0v) is 20.6. The summed E-state index contributed by atoms with van der Waals surface area (Å²) < 4.78 is 40.8. The van der Waals surface area contributed by atoms with E-state index in [2.05, 4.69) is 25.4 Å². The molecular weight excluding hydrogens is 540 g/mol. The summed E-state index contributed by atoms with van der Waals surface area (Å²) in [6.45, 7) is 1.03. The first-order valence-corrected chi connectivity index (χ1v) is 12.8. The van der Waals surface area contributed by atoms with Crippen molar-refractivity contribution in [3.8, 4) is 0 Å². The number of fused-ring (bicyclic) bond motifs is 1. The molecule has 2 aliphatic heterocycles. The fraction of sp³-hybridized carbons (Fsp3) is 0.350. The van der Waals surface area contributed by atoms with Crippen LogP contribution in [0.3, 0.4) is 0 Å². The molecule has 10 nitrogen and oxygen atoms in total. The minimum atomic E-state index is -4.60. The molecule has 178 valence electrons. The van der Waals surface area contributed by atoms with Crippen molar-refractivity contribution in [2.75, 3.05) is 6.61 Å². The van der Waals surface area contributed by atoms with Gasteiger partial charge in [-0.2, -0.15) is 8.42 Å². The first-order valence-electron chi connectivity index (χ1n) is 9.75. The zero-order chi connectivity index (χ0) is 24.2. The number of amides is 2. The van der Waals surface area contributed by atoms with Gasteiger partial charge in [0.25, 0.3) is 0 Å². The molecule has 0 aliphatic carbocycles. The predicted octanol–water partition coefficient (Wildman–Crippen LogP) is 2.48. The molecule has 2 amide bonds. The molecule has 0 unspecified atom stereocenters. The van der Waals surface area contributed by atoms with E-state index >= 15 is 0 Å². The lowest BCUT2D eigenvalue weighted by molar-refractivity contribution is -0.157. The molecule has 3 rings (SSSR count). The Morgan fingerprint density at radius 2 is 2.03 bits per heavy atom. The molecule has 2 atom stereocenters. The Bertz CT molecular complexity index is 1100. The van der Waals surface area contributed by atoms with Crippen molar-refractivity contribution in [3.05, 3.63) is 56.5 Å². The smallest absolute Gasteiger partial charge is 0.397 e. The SMILES string of the molecule is CC(=O)N/C=C/SC1=C(C(=O)OCc2ccc(Br)cc2)N2C(=O)[C@H](CCOS(=O)(=O)O)[C@H]2C1. The summed E-state index contributed by atoms with van der Waals surface area (Å²) in [5.74, 6) is -1.81. The minimum absolute atomic E-state index is 0.0214. The lowest BCUT2D eigenvalue weighted by atomic mass is 9.85. The van der Waals surface area contributed by atoms with Gasteiger partial charge >= 0.3 is 16.4 Å². The summed E-state index contributed by atoms with van der Waals surface area (Å²) in [4.78, 5) is 38.6. The van der Waals surface area contributed by atoms with Crippen molar-refractivity contribution in [2.24, 2.45) is 5.92 Å². The average Bonchev–Trinajstić information content (AvgIpc) is 3.08. The normalized spacial score (nSPS) is 20.1. The Kier molecular flexibility index (Phi) is 8.34. The van der Waals surface area contributed by atoms with Gasteiger partial charge in [0, 0.05) is 28.9 Å². The van der Waals surface area contributed by atoms with Crippen molar-refractivity contribution in [1.29, 1.82) is 0 Å². The standard InChI is InChI=1S/C20H21BrN2O8S2/c1-12(24)22-7-9-32-17-10-16-15(6-8-31-33(27,28)29)19(25)23(16)18(17)20(26)30-11-13-2-4-14(21)5-3-13/h2-5,7,9,15-16H,6,8,10-11H2,1H3,(H,22,24)(H,27,28,29)/b9-7+/t15-,16-/m1/s1. The molecular formula is C20H21BrN2O8S2. The Hall–Kier alpha value is -2.19. The van der Waals surface area contributed by atoms with Gasteiger partial charge < -0.3 is 15.0 Å². The fourth-order valence-electron chi connectivity index (χ4n) is 3.51. The maximum absolute atomic E-state index is 12.9. The van der Waals surface area contributed by atoms with Crippen LogP contribution in [-0.4, -0.2) is 48.3 Å². The largest absolute Gasteiger partial charge is 0.456 e. The van der Waals surface area contributed by atoms with Gasteiger partial charge in [0.15, 0.2) is 0 Å². The molecule has 2 heterocycles. The number of hydrogen-bond donors (Lipinski definition) is 2. The summed E-state index contributed by atoms with van der Waals surface area (Å²) in [6, 6.07) is 6.89. The summed E-state index contributed by atoms with van der Waals surface area (Å²) in [5.41, 5.74) is 0.906. The lowest BCUT2D eigenvalue weighted by Gasteiger charge is -2.43. The second-order valence-corrected chi connectivity index (χ2v) is 10.2. The third kappa shape index (κ3) is 6.67. The molecule has 0 radical (unpaired) electrons. The van der Waals surface area contributed by atoms with Crippen molar-refractivity contribution < 1.29 is 36.3 Å². The van der Waals surface area contributed by atoms with Crippen LogP contribution >= 0.6 is 27.7 Å². The lowest BCUT2D eigenvalue weighted by Crippen LogP contribution is -2.58. The highest BCUT2D eigenvalue weighted by molar-refractivity contribution is 9.10. The molecule has 0 aromatic heterocycles. The van der Waals surface area contributed by atoms with E-state index in [0.29, 0.717) is 11.3 Å². The monoisotopic (exact) mass is 560 g/mol. The number of ether oxygens (including phenoxy) is 1. The maximum atomic E-state index is 12.9. The number of benzene rings is 1.